The maximum absolute atomic E-state index is 14.2. The van der Waals surface area contributed by atoms with Crippen LogP contribution in [0.5, 0.6) is 5.88 Å². The molecule has 8 rings (SSSR count). The Morgan fingerprint density at radius 2 is 1.67 bits per heavy atom. The van der Waals surface area contributed by atoms with E-state index in [0.717, 1.165) is 80.3 Å². The molecule has 3 aromatic carbocycles. The molecule has 4 atom stereocenters. The van der Waals surface area contributed by atoms with E-state index in [1.807, 2.05) is 90.4 Å². The molecule has 2 saturated heterocycles. The lowest BCUT2D eigenvalue weighted by molar-refractivity contribution is -0.141. The average Bonchev–Trinajstić information content (AvgIpc) is 4.15. The number of aliphatic hydroxyl groups is 1. The van der Waals surface area contributed by atoms with E-state index in [-0.39, 0.29) is 73.3 Å². The quantitative estimate of drug-likeness (QED) is 0.0502. The number of rotatable bonds is 21. The highest BCUT2D eigenvalue weighted by atomic mass is 32.1. The summed E-state index contributed by atoms with van der Waals surface area (Å²) in [5.74, 6) is -1.34. The van der Waals surface area contributed by atoms with E-state index < -0.39 is 18.1 Å². The van der Waals surface area contributed by atoms with Crippen LogP contribution in [0.15, 0.2) is 87.6 Å². The van der Waals surface area contributed by atoms with Crippen LogP contribution < -0.4 is 25.8 Å². The molecule has 2 aliphatic rings. The summed E-state index contributed by atoms with van der Waals surface area (Å²) in [6.07, 6.45) is 1.75. The van der Waals surface area contributed by atoms with Gasteiger partial charge < -0.3 is 49.3 Å². The molecular formula is C58H71N7O9S. The first-order chi connectivity index (χ1) is 36.1. The second-order valence-electron chi connectivity index (χ2n) is 20.1. The van der Waals surface area contributed by atoms with Crippen molar-refractivity contribution in [1.29, 1.82) is 0 Å². The number of pyridine rings is 1. The maximum atomic E-state index is 14.2. The number of nitrogens with zero attached hydrogens (tertiary/aromatic N) is 4. The standard InChI is InChI=1S/C58H71N7O9S/c1-9-64(45-19-22-71-23-20-45)49-28-44(27-47(37(49)6)55(67)59-31-48-35(4)26-36(5)61-56(48)68)42-12-10-40(11-13-42)18-21-72-24-25-73-52-30-51(74-63-52)53(34(2)3)58(70)65-32-46(66)29-50(65)57(69)62-38(7)41-14-16-43(17-15-41)54-39(8)60-33-75-54/h10-17,26-28,30,33-34,38,45-46,50,53,66H,9,18-25,29,31-32H2,1-8H3,(H,59,67)(H,61,68)(H,62,69)/t38?,46-,50+,53?/m1/s1. The normalized spacial score (nSPS) is 16.7. The number of β-amino-alcohol motifs (C(OH)–C–C–N with tert-alkyl or cyclic N) is 1. The third-order valence-corrected chi connectivity index (χ3v) is 15.5. The van der Waals surface area contributed by atoms with Gasteiger partial charge in [-0.05, 0) is 129 Å². The summed E-state index contributed by atoms with van der Waals surface area (Å²) in [5.41, 5.74) is 12.1. The summed E-state index contributed by atoms with van der Waals surface area (Å²) >= 11 is 1.58. The zero-order valence-electron chi connectivity index (χ0n) is 44.4. The number of aromatic amines is 1. The molecule has 0 spiro atoms. The predicted molar refractivity (Wildman–Crippen MR) is 290 cm³/mol. The second-order valence-corrected chi connectivity index (χ2v) is 21.0. The molecule has 3 amide bonds. The Labute approximate surface area is 443 Å². The van der Waals surface area contributed by atoms with Gasteiger partial charge in [-0.1, -0.05) is 62.4 Å². The molecule has 2 unspecified atom stereocenters. The predicted octanol–water partition coefficient (Wildman–Crippen LogP) is 8.54. The smallest absolute Gasteiger partial charge is 0.254 e. The van der Waals surface area contributed by atoms with Gasteiger partial charge in [0.1, 0.15) is 18.6 Å². The van der Waals surface area contributed by atoms with Gasteiger partial charge in [-0.3, -0.25) is 19.2 Å². The zero-order valence-corrected chi connectivity index (χ0v) is 45.2. The van der Waals surface area contributed by atoms with Crippen LogP contribution in [0.2, 0.25) is 0 Å². The van der Waals surface area contributed by atoms with Gasteiger partial charge in [0.25, 0.3) is 17.3 Å². The van der Waals surface area contributed by atoms with Crippen LogP contribution >= 0.6 is 11.3 Å². The number of likely N-dealkylation sites (tertiary alicyclic amines) is 1. The largest absolute Gasteiger partial charge is 0.473 e. The van der Waals surface area contributed by atoms with Crippen molar-refractivity contribution in [1.82, 2.24) is 30.7 Å². The molecule has 6 aromatic rings. The average molecular weight is 1040 g/mol. The summed E-state index contributed by atoms with van der Waals surface area (Å²) in [6, 6.07) is 23.0. The number of nitrogens with one attached hydrogen (secondary N) is 3. The van der Waals surface area contributed by atoms with E-state index in [1.54, 1.807) is 17.4 Å². The molecule has 0 aliphatic carbocycles. The van der Waals surface area contributed by atoms with E-state index in [0.29, 0.717) is 49.7 Å². The lowest BCUT2D eigenvalue weighted by Gasteiger charge is -2.37. The first-order valence-corrected chi connectivity index (χ1v) is 27.0. The minimum Gasteiger partial charge on any atom is -0.473 e. The molecule has 17 heteroatoms. The number of aryl methyl sites for hydroxylation is 3. The van der Waals surface area contributed by atoms with Crippen molar-refractivity contribution in [2.75, 3.05) is 51.0 Å². The monoisotopic (exact) mass is 1040 g/mol. The van der Waals surface area contributed by atoms with Gasteiger partial charge in [-0.25, -0.2) is 4.98 Å². The molecule has 75 heavy (non-hydrogen) atoms. The molecule has 0 saturated carbocycles. The van der Waals surface area contributed by atoms with Crippen LogP contribution in [-0.2, 0) is 32.0 Å². The van der Waals surface area contributed by atoms with Crippen LogP contribution in [0.1, 0.15) is 114 Å². The molecule has 2 fully saturated rings. The van der Waals surface area contributed by atoms with E-state index in [2.05, 4.69) is 67.9 Å². The van der Waals surface area contributed by atoms with E-state index >= 15 is 0 Å². The van der Waals surface area contributed by atoms with Gasteiger partial charge in [0.05, 0.1) is 41.4 Å². The zero-order chi connectivity index (χ0) is 53.3. The van der Waals surface area contributed by atoms with E-state index in [1.165, 1.54) is 4.90 Å². The Morgan fingerprint density at radius 1 is 0.933 bits per heavy atom. The molecule has 16 nitrogen and oxygen atoms in total. The Hall–Kier alpha value is -6.66. The van der Waals surface area contributed by atoms with Crippen LogP contribution in [0.3, 0.4) is 0 Å². The highest BCUT2D eigenvalue weighted by Crippen LogP contribution is 2.36. The first kappa shape index (κ1) is 54.6. The number of carbonyl (C=O) groups is 3. The Morgan fingerprint density at radius 3 is 2.35 bits per heavy atom. The van der Waals surface area contributed by atoms with Gasteiger partial charge in [0, 0.05) is 73.9 Å². The van der Waals surface area contributed by atoms with Crippen molar-refractivity contribution in [3.63, 3.8) is 0 Å². The van der Waals surface area contributed by atoms with E-state index in [9.17, 15) is 24.3 Å². The van der Waals surface area contributed by atoms with Crippen LogP contribution in [0, 0.1) is 33.6 Å². The number of ether oxygens (including phenoxy) is 3. The lowest BCUT2D eigenvalue weighted by atomic mass is 9.91. The fourth-order valence-electron chi connectivity index (χ4n) is 10.3. The van der Waals surface area contributed by atoms with Gasteiger partial charge in [-0.15, -0.1) is 11.3 Å². The minimum atomic E-state index is -0.854. The first-order valence-electron chi connectivity index (χ1n) is 26.1. The molecular weight excluding hydrogens is 971 g/mol. The topological polar surface area (TPSA) is 201 Å². The summed E-state index contributed by atoms with van der Waals surface area (Å²) in [5, 5.41) is 20.9. The SMILES string of the molecule is CCN(c1cc(-c2ccc(CCOCCOc3cc(C(C(=O)N4C[C@H](O)C[C@H]4C(=O)NC(C)c4ccc(-c5scnc5C)cc4)C(C)C)on3)cc2)cc(C(=O)NCc2c(C)cc(C)[nH]c2=O)c1C)C1CCOCC1. The lowest BCUT2D eigenvalue weighted by Crippen LogP contribution is -2.48. The van der Waals surface area contributed by atoms with Crippen LogP contribution in [0.25, 0.3) is 21.6 Å². The summed E-state index contributed by atoms with van der Waals surface area (Å²) in [4.78, 5) is 66.9. The van der Waals surface area contributed by atoms with Gasteiger partial charge in [-0.2, -0.15) is 0 Å². The number of hydrogen-bond acceptors (Lipinski definition) is 13. The molecule has 0 bridgehead atoms. The number of aromatic nitrogens is 3. The van der Waals surface area contributed by atoms with Crippen molar-refractivity contribution >= 4 is 34.7 Å². The summed E-state index contributed by atoms with van der Waals surface area (Å²) in [6.45, 7) is 18.8. The van der Waals surface area contributed by atoms with Crippen molar-refractivity contribution in [3.8, 4) is 27.4 Å². The third kappa shape index (κ3) is 13.1. The number of anilines is 1. The highest BCUT2D eigenvalue weighted by Gasteiger charge is 2.43. The molecule has 4 N–H and O–H groups in total. The number of hydrogen-bond donors (Lipinski definition) is 4. The minimum absolute atomic E-state index is 0.0288. The molecule has 5 heterocycles. The maximum Gasteiger partial charge on any atom is 0.254 e. The molecule has 3 aromatic heterocycles. The van der Waals surface area contributed by atoms with Crippen molar-refractivity contribution in [2.24, 2.45) is 5.92 Å². The Balaban J connectivity index is 0.843. The summed E-state index contributed by atoms with van der Waals surface area (Å²) < 4.78 is 23.2. The van der Waals surface area contributed by atoms with Gasteiger partial charge in [0.2, 0.25) is 11.8 Å². The molecule has 2 aliphatic heterocycles. The fraction of sp³-hybridized carbons (Fsp3) is 0.448. The number of H-pyrrole nitrogens is 1. The van der Waals surface area contributed by atoms with Crippen molar-refractivity contribution < 1.29 is 38.2 Å². The molecule has 398 valence electrons. The number of thiazole rings is 1. The van der Waals surface area contributed by atoms with Crippen molar-refractivity contribution in [3.05, 3.63) is 139 Å². The van der Waals surface area contributed by atoms with Crippen molar-refractivity contribution in [2.45, 2.75) is 118 Å². The van der Waals surface area contributed by atoms with E-state index in [4.69, 9.17) is 18.7 Å². The summed E-state index contributed by atoms with van der Waals surface area (Å²) in [7, 11) is 0. The fourth-order valence-corrected chi connectivity index (χ4v) is 11.2. The number of carbonyl (C=O) groups excluding carboxylic acids is 3. The highest BCUT2D eigenvalue weighted by molar-refractivity contribution is 7.13. The Kier molecular flexibility index (Phi) is 18.0. The number of benzene rings is 3. The third-order valence-electron chi connectivity index (χ3n) is 14.5. The molecule has 0 radical (unpaired) electrons. The van der Waals surface area contributed by atoms with Gasteiger partial charge >= 0.3 is 0 Å². The number of aliphatic hydroxyl groups excluding tert-OH is 1. The van der Waals surface area contributed by atoms with Crippen LogP contribution in [-0.4, -0.2) is 107 Å². The van der Waals surface area contributed by atoms with Gasteiger partial charge in [0.15, 0.2) is 5.76 Å². The Bertz CT molecular complexity index is 2980. The number of amides is 3. The van der Waals surface area contributed by atoms with Crippen LogP contribution in [0.4, 0.5) is 5.69 Å². The second kappa shape index (κ2) is 24.8.